The summed E-state index contributed by atoms with van der Waals surface area (Å²) in [7, 11) is 0. The van der Waals surface area contributed by atoms with Crippen molar-refractivity contribution in [1.29, 1.82) is 0 Å². The second-order valence-electron chi connectivity index (χ2n) is 5.47. The van der Waals surface area contributed by atoms with Crippen LogP contribution in [0.5, 0.6) is 0 Å². The number of rotatable bonds is 2. The van der Waals surface area contributed by atoms with Crippen LogP contribution in [-0.2, 0) is 9.59 Å². The Labute approximate surface area is 151 Å². The zero-order chi connectivity index (χ0) is 17.4. The number of halogens is 1. The molecule has 2 aromatic rings. The smallest absolute Gasteiger partial charge is 0.273 e. The molecular formula is C17H13BrN2O3S. The molecule has 7 heteroatoms. The van der Waals surface area contributed by atoms with Gasteiger partial charge in [-0.2, -0.15) is 0 Å². The van der Waals surface area contributed by atoms with E-state index in [1.54, 1.807) is 18.2 Å². The van der Waals surface area contributed by atoms with E-state index in [0.29, 0.717) is 5.69 Å². The minimum absolute atomic E-state index is 0.0666. The molecule has 1 fully saturated rings. The molecule has 1 N–H and O–H groups in total. The van der Waals surface area contributed by atoms with Crippen LogP contribution >= 0.6 is 27.3 Å². The van der Waals surface area contributed by atoms with Gasteiger partial charge in [0.15, 0.2) is 0 Å². The second-order valence-corrected chi connectivity index (χ2v) is 7.33. The zero-order valence-electron chi connectivity index (χ0n) is 12.9. The average Bonchev–Trinajstić information content (AvgIpc) is 2.87. The second kappa shape index (κ2) is 6.33. The van der Waals surface area contributed by atoms with Crippen molar-refractivity contribution in [3.63, 3.8) is 0 Å². The summed E-state index contributed by atoms with van der Waals surface area (Å²) in [5.41, 5.74) is 2.23. The highest BCUT2D eigenvalue weighted by molar-refractivity contribution is 9.10. The van der Waals surface area contributed by atoms with Gasteiger partial charge in [0.1, 0.15) is 5.57 Å². The molecule has 0 atom stereocenters. The van der Waals surface area contributed by atoms with E-state index in [0.717, 1.165) is 25.4 Å². The first kappa shape index (κ1) is 16.6. The van der Waals surface area contributed by atoms with Gasteiger partial charge >= 0.3 is 6.03 Å². The van der Waals surface area contributed by atoms with Gasteiger partial charge in [-0.25, -0.2) is 9.69 Å². The summed E-state index contributed by atoms with van der Waals surface area (Å²) in [5.74, 6) is -1.31. The van der Waals surface area contributed by atoms with Crippen molar-refractivity contribution in [2.75, 3.05) is 4.90 Å². The van der Waals surface area contributed by atoms with Crippen molar-refractivity contribution in [3.05, 3.63) is 55.7 Å². The fourth-order valence-electron chi connectivity index (χ4n) is 2.52. The third-order valence-corrected chi connectivity index (χ3v) is 5.08. The number of benzene rings is 1. The van der Waals surface area contributed by atoms with Crippen molar-refractivity contribution in [3.8, 4) is 0 Å². The van der Waals surface area contributed by atoms with Crippen LogP contribution in [0.3, 0.4) is 0 Å². The van der Waals surface area contributed by atoms with Crippen LogP contribution in [0.4, 0.5) is 10.5 Å². The maximum atomic E-state index is 12.7. The Morgan fingerprint density at radius 1 is 1.08 bits per heavy atom. The predicted octanol–water partition coefficient (Wildman–Crippen LogP) is 3.79. The van der Waals surface area contributed by atoms with E-state index < -0.39 is 17.8 Å². The minimum Gasteiger partial charge on any atom is -0.273 e. The molecule has 0 radical (unpaired) electrons. The lowest BCUT2D eigenvalue weighted by Gasteiger charge is -2.26. The number of nitrogens with one attached hydrogen (secondary N) is 1. The summed E-state index contributed by atoms with van der Waals surface area (Å²) in [6.07, 6.45) is 1.50. The van der Waals surface area contributed by atoms with Crippen LogP contribution < -0.4 is 10.2 Å². The lowest BCUT2D eigenvalue weighted by molar-refractivity contribution is -0.122. The van der Waals surface area contributed by atoms with Gasteiger partial charge in [-0.05, 0) is 65.2 Å². The number of amides is 4. The molecule has 0 aliphatic carbocycles. The van der Waals surface area contributed by atoms with Crippen molar-refractivity contribution in [2.45, 2.75) is 13.8 Å². The van der Waals surface area contributed by atoms with E-state index in [-0.39, 0.29) is 5.57 Å². The molecule has 5 nitrogen and oxygen atoms in total. The highest BCUT2D eigenvalue weighted by atomic mass is 79.9. The summed E-state index contributed by atoms with van der Waals surface area (Å²) in [4.78, 5) is 38.8. The molecule has 0 saturated carbocycles. The number of carbonyl (C=O) groups excluding carboxylic acids is 3. The topological polar surface area (TPSA) is 66.5 Å². The number of hydrogen-bond donors (Lipinski definition) is 1. The number of aryl methyl sites for hydroxylation is 2. The molecule has 0 unspecified atom stereocenters. The van der Waals surface area contributed by atoms with E-state index in [2.05, 4.69) is 21.2 Å². The maximum Gasteiger partial charge on any atom is 0.335 e. The largest absolute Gasteiger partial charge is 0.335 e. The molecule has 3 rings (SSSR count). The van der Waals surface area contributed by atoms with Gasteiger partial charge in [0.2, 0.25) is 0 Å². The third-order valence-electron chi connectivity index (χ3n) is 3.44. The van der Waals surface area contributed by atoms with E-state index in [1.165, 1.54) is 17.4 Å². The number of urea groups is 1. The number of carbonyl (C=O) groups is 3. The number of anilines is 1. The average molecular weight is 405 g/mol. The first-order valence-electron chi connectivity index (χ1n) is 7.09. The van der Waals surface area contributed by atoms with Gasteiger partial charge in [0.05, 0.1) is 5.69 Å². The normalized spacial score (nSPS) is 16.7. The van der Waals surface area contributed by atoms with Gasteiger partial charge in [-0.3, -0.25) is 14.9 Å². The highest BCUT2D eigenvalue weighted by Gasteiger charge is 2.37. The molecule has 0 spiro atoms. The summed E-state index contributed by atoms with van der Waals surface area (Å²) in [6.45, 7) is 3.77. The Balaban J connectivity index is 2.04. The molecule has 1 aromatic carbocycles. The van der Waals surface area contributed by atoms with Crippen molar-refractivity contribution in [1.82, 2.24) is 5.32 Å². The van der Waals surface area contributed by atoms with E-state index >= 15 is 0 Å². The molecule has 2 heterocycles. The lowest BCUT2D eigenvalue weighted by Crippen LogP contribution is -2.54. The van der Waals surface area contributed by atoms with Crippen LogP contribution in [0, 0.1) is 13.8 Å². The Kier molecular flexibility index (Phi) is 4.38. The van der Waals surface area contributed by atoms with Gasteiger partial charge in [-0.1, -0.05) is 6.07 Å². The van der Waals surface area contributed by atoms with Crippen molar-refractivity contribution >= 4 is 56.9 Å². The quantitative estimate of drug-likeness (QED) is 0.611. The number of barbiturate groups is 1. The van der Waals surface area contributed by atoms with Crippen molar-refractivity contribution < 1.29 is 14.4 Å². The SMILES string of the molecule is Cc1cc(C)cc(N2C(=O)NC(=O)/C(=C\c3cc(Br)cs3)C2=O)c1. The fraction of sp³-hybridized carbons (Fsp3) is 0.118. The van der Waals surface area contributed by atoms with Crippen LogP contribution in [0.25, 0.3) is 6.08 Å². The minimum atomic E-state index is -0.737. The van der Waals surface area contributed by atoms with E-state index in [4.69, 9.17) is 0 Å². The van der Waals surface area contributed by atoms with E-state index in [9.17, 15) is 14.4 Å². The van der Waals surface area contributed by atoms with Crippen LogP contribution in [-0.4, -0.2) is 17.8 Å². The first-order valence-corrected chi connectivity index (χ1v) is 8.76. The highest BCUT2D eigenvalue weighted by Crippen LogP contribution is 2.26. The standard InChI is InChI=1S/C17H13BrN2O3S/c1-9-3-10(2)5-12(4-9)20-16(22)14(15(21)19-17(20)23)7-13-6-11(18)8-24-13/h3-8H,1-2H3,(H,19,21,23)/b14-7+. The Bertz CT molecular complexity index is 881. The van der Waals surface area contributed by atoms with Crippen LogP contribution in [0.2, 0.25) is 0 Å². The zero-order valence-corrected chi connectivity index (χ0v) is 15.3. The van der Waals surface area contributed by atoms with Gasteiger partial charge in [0.25, 0.3) is 11.8 Å². The molecule has 1 aliphatic rings. The molecule has 1 saturated heterocycles. The maximum absolute atomic E-state index is 12.7. The Morgan fingerprint density at radius 2 is 1.75 bits per heavy atom. The molecule has 0 bridgehead atoms. The molecule has 4 amide bonds. The van der Waals surface area contributed by atoms with Gasteiger partial charge in [0, 0.05) is 14.7 Å². The van der Waals surface area contributed by atoms with E-state index in [1.807, 2.05) is 25.3 Å². The molecular weight excluding hydrogens is 392 g/mol. The van der Waals surface area contributed by atoms with Crippen molar-refractivity contribution in [2.24, 2.45) is 0 Å². The number of imide groups is 2. The number of thiophene rings is 1. The molecule has 122 valence electrons. The molecule has 24 heavy (non-hydrogen) atoms. The number of hydrogen-bond acceptors (Lipinski definition) is 4. The molecule has 1 aromatic heterocycles. The summed E-state index contributed by atoms with van der Waals surface area (Å²) < 4.78 is 0.866. The Hall–Kier alpha value is -2.25. The third kappa shape index (κ3) is 3.18. The molecule has 1 aliphatic heterocycles. The fourth-order valence-corrected chi connectivity index (χ4v) is 3.89. The number of nitrogens with zero attached hydrogens (tertiary/aromatic N) is 1. The summed E-state index contributed by atoms with van der Waals surface area (Å²) >= 11 is 4.72. The predicted molar refractivity (Wildman–Crippen MR) is 96.9 cm³/mol. The summed E-state index contributed by atoms with van der Waals surface area (Å²) in [5, 5.41) is 4.08. The van der Waals surface area contributed by atoms with Gasteiger partial charge < -0.3 is 0 Å². The Morgan fingerprint density at radius 3 is 2.33 bits per heavy atom. The first-order chi connectivity index (χ1) is 11.3. The summed E-state index contributed by atoms with van der Waals surface area (Å²) in [6, 6.07) is 6.48. The van der Waals surface area contributed by atoms with Crippen LogP contribution in [0.1, 0.15) is 16.0 Å². The van der Waals surface area contributed by atoms with Gasteiger partial charge in [-0.15, -0.1) is 11.3 Å². The van der Waals surface area contributed by atoms with Crippen LogP contribution in [0.15, 0.2) is 39.7 Å². The lowest BCUT2D eigenvalue weighted by atomic mass is 10.1. The monoisotopic (exact) mass is 404 g/mol.